The third-order valence-electron chi connectivity index (χ3n) is 3.55. The van der Waals surface area contributed by atoms with Crippen molar-refractivity contribution in [3.63, 3.8) is 0 Å². The first-order chi connectivity index (χ1) is 11.7. The molecular weight excluding hydrogens is 310 g/mol. The van der Waals surface area contributed by atoms with Crippen LogP contribution in [-0.4, -0.2) is 34.0 Å². The lowest BCUT2D eigenvalue weighted by atomic mass is 10.2. The van der Waals surface area contributed by atoms with E-state index in [4.69, 9.17) is 14.7 Å². The van der Waals surface area contributed by atoms with Gasteiger partial charge in [0.15, 0.2) is 0 Å². The standard InChI is InChI=1S/C16H15N5O3/c1-23-9-12-6-11(19-20-12)8-21-4-3-14-13(16(21)22)5-10(7-17)15(18-14)24-2/h3-6H,8-9H2,1-2H3,(H,19,20). The summed E-state index contributed by atoms with van der Waals surface area (Å²) < 4.78 is 11.6. The summed E-state index contributed by atoms with van der Waals surface area (Å²) in [5.41, 5.74) is 2.02. The summed E-state index contributed by atoms with van der Waals surface area (Å²) >= 11 is 0. The molecule has 0 saturated carbocycles. The molecule has 0 fully saturated rings. The summed E-state index contributed by atoms with van der Waals surface area (Å²) in [5.74, 6) is 0.208. The maximum Gasteiger partial charge on any atom is 0.260 e. The van der Waals surface area contributed by atoms with Crippen LogP contribution in [0.4, 0.5) is 0 Å². The fraction of sp³-hybridized carbons (Fsp3) is 0.250. The Bertz CT molecular complexity index is 984. The third kappa shape index (κ3) is 2.85. The molecule has 0 atom stereocenters. The molecule has 122 valence electrons. The second-order valence-electron chi connectivity index (χ2n) is 5.16. The predicted molar refractivity (Wildman–Crippen MR) is 85.7 cm³/mol. The van der Waals surface area contributed by atoms with Crippen molar-refractivity contribution in [2.24, 2.45) is 0 Å². The van der Waals surface area contributed by atoms with Crippen LogP contribution in [-0.2, 0) is 17.9 Å². The summed E-state index contributed by atoms with van der Waals surface area (Å²) in [6.07, 6.45) is 1.65. The van der Waals surface area contributed by atoms with Gasteiger partial charge in [0.25, 0.3) is 5.56 Å². The molecule has 0 aromatic carbocycles. The Balaban J connectivity index is 2.01. The van der Waals surface area contributed by atoms with Gasteiger partial charge in [-0.15, -0.1) is 0 Å². The SMILES string of the molecule is COCc1cc(Cn2ccc3nc(OC)c(C#N)cc3c2=O)[nH]n1. The number of hydrogen-bond donors (Lipinski definition) is 1. The number of hydrogen-bond acceptors (Lipinski definition) is 6. The number of rotatable bonds is 5. The molecule has 8 nitrogen and oxygen atoms in total. The van der Waals surface area contributed by atoms with Crippen LogP contribution in [0.25, 0.3) is 10.9 Å². The Hall–Kier alpha value is -3.18. The highest BCUT2D eigenvalue weighted by atomic mass is 16.5. The summed E-state index contributed by atoms with van der Waals surface area (Å²) in [5, 5.41) is 16.5. The fourth-order valence-corrected chi connectivity index (χ4v) is 2.45. The lowest BCUT2D eigenvalue weighted by Gasteiger charge is -2.07. The van der Waals surface area contributed by atoms with Gasteiger partial charge in [-0.05, 0) is 18.2 Å². The highest BCUT2D eigenvalue weighted by Gasteiger charge is 2.11. The fourth-order valence-electron chi connectivity index (χ4n) is 2.45. The van der Waals surface area contributed by atoms with Crippen LogP contribution in [0.5, 0.6) is 5.88 Å². The second kappa shape index (κ2) is 6.52. The van der Waals surface area contributed by atoms with Crippen molar-refractivity contribution in [2.75, 3.05) is 14.2 Å². The Morgan fingerprint density at radius 3 is 2.92 bits per heavy atom. The highest BCUT2D eigenvalue weighted by molar-refractivity contribution is 5.80. The monoisotopic (exact) mass is 325 g/mol. The molecule has 1 N–H and O–H groups in total. The number of pyridine rings is 2. The van der Waals surface area contributed by atoms with E-state index < -0.39 is 0 Å². The minimum Gasteiger partial charge on any atom is -0.480 e. The number of aromatic amines is 1. The van der Waals surface area contributed by atoms with Crippen LogP contribution in [0.2, 0.25) is 0 Å². The quantitative estimate of drug-likeness (QED) is 0.755. The summed E-state index contributed by atoms with van der Waals surface area (Å²) in [6, 6.07) is 7.05. The predicted octanol–water partition coefficient (Wildman–Crippen LogP) is 1.19. The van der Waals surface area contributed by atoms with Gasteiger partial charge < -0.3 is 14.0 Å². The Labute approximate surface area is 137 Å². The Morgan fingerprint density at radius 1 is 1.38 bits per heavy atom. The third-order valence-corrected chi connectivity index (χ3v) is 3.55. The van der Waals surface area contributed by atoms with E-state index in [-0.39, 0.29) is 17.0 Å². The zero-order valence-corrected chi connectivity index (χ0v) is 13.2. The molecule has 0 bridgehead atoms. The zero-order valence-electron chi connectivity index (χ0n) is 13.2. The van der Waals surface area contributed by atoms with Gasteiger partial charge in [-0.3, -0.25) is 9.89 Å². The van der Waals surface area contributed by atoms with Crippen molar-refractivity contribution in [1.29, 1.82) is 5.26 Å². The van der Waals surface area contributed by atoms with Gasteiger partial charge in [0.2, 0.25) is 5.88 Å². The topological polar surface area (TPSA) is 106 Å². The van der Waals surface area contributed by atoms with Crippen LogP contribution >= 0.6 is 0 Å². The van der Waals surface area contributed by atoms with Gasteiger partial charge in [0.1, 0.15) is 11.6 Å². The minimum atomic E-state index is -0.234. The Morgan fingerprint density at radius 2 is 2.21 bits per heavy atom. The minimum absolute atomic E-state index is 0.208. The molecule has 3 rings (SSSR count). The lowest BCUT2D eigenvalue weighted by Crippen LogP contribution is -2.20. The lowest BCUT2D eigenvalue weighted by molar-refractivity contribution is 0.181. The van der Waals surface area contributed by atoms with E-state index in [0.29, 0.717) is 24.1 Å². The van der Waals surface area contributed by atoms with E-state index in [9.17, 15) is 4.79 Å². The van der Waals surface area contributed by atoms with Crippen molar-refractivity contribution in [3.05, 3.63) is 51.7 Å². The molecule has 0 amide bonds. The number of H-pyrrole nitrogens is 1. The van der Waals surface area contributed by atoms with Crippen molar-refractivity contribution in [1.82, 2.24) is 19.7 Å². The van der Waals surface area contributed by atoms with E-state index in [1.54, 1.807) is 19.4 Å². The number of nitrogens with zero attached hydrogens (tertiary/aromatic N) is 4. The average molecular weight is 325 g/mol. The number of aromatic nitrogens is 4. The Kier molecular flexibility index (Phi) is 4.26. The van der Waals surface area contributed by atoms with E-state index in [2.05, 4.69) is 15.2 Å². The molecule has 0 spiro atoms. The molecule has 0 saturated heterocycles. The van der Waals surface area contributed by atoms with Gasteiger partial charge in [0.05, 0.1) is 42.6 Å². The average Bonchev–Trinajstić information content (AvgIpc) is 3.04. The van der Waals surface area contributed by atoms with Crippen LogP contribution in [0.15, 0.2) is 29.2 Å². The molecule has 0 aliphatic carbocycles. The summed E-state index contributed by atoms with van der Waals surface area (Å²) in [7, 11) is 3.03. The first-order valence-corrected chi connectivity index (χ1v) is 7.16. The number of fused-ring (bicyclic) bond motifs is 1. The van der Waals surface area contributed by atoms with E-state index in [1.807, 2.05) is 12.1 Å². The van der Waals surface area contributed by atoms with E-state index >= 15 is 0 Å². The molecular formula is C16H15N5O3. The number of ether oxygens (including phenoxy) is 2. The molecule has 3 heterocycles. The van der Waals surface area contributed by atoms with E-state index in [1.165, 1.54) is 17.7 Å². The van der Waals surface area contributed by atoms with Gasteiger partial charge in [-0.2, -0.15) is 10.4 Å². The van der Waals surface area contributed by atoms with E-state index in [0.717, 1.165) is 11.4 Å². The first-order valence-electron chi connectivity index (χ1n) is 7.16. The molecule has 24 heavy (non-hydrogen) atoms. The number of nitriles is 1. The summed E-state index contributed by atoms with van der Waals surface area (Å²) in [4.78, 5) is 16.9. The van der Waals surface area contributed by atoms with Crippen LogP contribution in [0, 0.1) is 11.3 Å². The molecule has 8 heteroatoms. The molecule has 0 aliphatic rings. The summed E-state index contributed by atoms with van der Waals surface area (Å²) in [6.45, 7) is 0.734. The second-order valence-corrected chi connectivity index (χ2v) is 5.16. The van der Waals surface area contributed by atoms with Gasteiger partial charge >= 0.3 is 0 Å². The van der Waals surface area contributed by atoms with Crippen LogP contribution in [0.3, 0.4) is 0 Å². The van der Waals surface area contributed by atoms with Gasteiger partial charge in [0, 0.05) is 13.3 Å². The molecule has 0 aliphatic heterocycles. The maximum absolute atomic E-state index is 12.6. The van der Waals surface area contributed by atoms with Crippen molar-refractivity contribution in [2.45, 2.75) is 13.2 Å². The molecule has 3 aromatic heterocycles. The molecule has 0 unspecified atom stereocenters. The molecule has 0 radical (unpaired) electrons. The van der Waals surface area contributed by atoms with Crippen molar-refractivity contribution < 1.29 is 9.47 Å². The maximum atomic E-state index is 12.6. The van der Waals surface area contributed by atoms with Gasteiger partial charge in [-0.25, -0.2) is 4.98 Å². The van der Waals surface area contributed by atoms with Crippen molar-refractivity contribution >= 4 is 10.9 Å². The van der Waals surface area contributed by atoms with Crippen molar-refractivity contribution in [3.8, 4) is 11.9 Å². The molecule has 3 aromatic rings. The van der Waals surface area contributed by atoms with Crippen LogP contribution in [0.1, 0.15) is 17.0 Å². The number of nitrogens with one attached hydrogen (secondary N) is 1. The normalized spacial score (nSPS) is 10.7. The van der Waals surface area contributed by atoms with Crippen LogP contribution < -0.4 is 10.3 Å². The zero-order chi connectivity index (χ0) is 17.1. The smallest absolute Gasteiger partial charge is 0.260 e. The first kappa shape index (κ1) is 15.7. The number of methoxy groups -OCH3 is 2. The largest absolute Gasteiger partial charge is 0.480 e. The highest BCUT2D eigenvalue weighted by Crippen LogP contribution is 2.19. The van der Waals surface area contributed by atoms with Gasteiger partial charge in [-0.1, -0.05) is 0 Å².